The van der Waals surface area contributed by atoms with Gasteiger partial charge in [0.15, 0.2) is 0 Å². The molecule has 0 bridgehead atoms. The predicted octanol–water partition coefficient (Wildman–Crippen LogP) is 1.46. The largest absolute Gasteiger partial charge is 0.381 e. The fourth-order valence-electron chi connectivity index (χ4n) is 2.00. The molecule has 1 unspecified atom stereocenters. The quantitative estimate of drug-likeness (QED) is 0.686. The zero-order valence-corrected chi connectivity index (χ0v) is 9.45. The standard InChI is InChI=1S/C11H21NO2/c1-4-11(13)9(2)12-7-5-10(14-3)6-8-12/h9-10H,4-8H2,1-3H3. The molecule has 0 aromatic heterocycles. The van der Waals surface area contributed by atoms with Crippen molar-refractivity contribution in [1.82, 2.24) is 4.90 Å². The third-order valence-corrected chi connectivity index (χ3v) is 3.17. The molecule has 0 saturated carbocycles. The molecule has 82 valence electrons. The Balaban J connectivity index is 2.37. The second-order valence-corrected chi connectivity index (χ2v) is 3.97. The molecule has 0 radical (unpaired) electrons. The van der Waals surface area contributed by atoms with E-state index in [0.717, 1.165) is 25.9 Å². The van der Waals surface area contributed by atoms with Crippen molar-refractivity contribution < 1.29 is 9.53 Å². The number of piperidine rings is 1. The average Bonchev–Trinajstić information content (AvgIpc) is 2.27. The van der Waals surface area contributed by atoms with Gasteiger partial charge < -0.3 is 4.74 Å². The van der Waals surface area contributed by atoms with Gasteiger partial charge in [-0.05, 0) is 19.8 Å². The molecule has 1 atom stereocenters. The molecule has 1 fully saturated rings. The Morgan fingerprint density at radius 2 is 2.07 bits per heavy atom. The first kappa shape index (κ1) is 11.7. The van der Waals surface area contributed by atoms with Crippen molar-refractivity contribution in [2.75, 3.05) is 20.2 Å². The Bertz CT molecular complexity index is 186. The van der Waals surface area contributed by atoms with Crippen molar-refractivity contribution in [2.45, 2.75) is 45.3 Å². The Labute approximate surface area is 86.4 Å². The molecule has 0 aromatic rings. The second-order valence-electron chi connectivity index (χ2n) is 3.97. The number of carbonyl (C=O) groups excluding carboxylic acids is 1. The molecule has 0 aliphatic carbocycles. The highest BCUT2D eigenvalue weighted by molar-refractivity contribution is 5.83. The lowest BCUT2D eigenvalue weighted by Crippen LogP contribution is -2.45. The van der Waals surface area contributed by atoms with Gasteiger partial charge in [-0.2, -0.15) is 0 Å². The Hall–Kier alpha value is -0.410. The van der Waals surface area contributed by atoms with E-state index in [0.29, 0.717) is 18.3 Å². The highest BCUT2D eigenvalue weighted by Gasteiger charge is 2.25. The van der Waals surface area contributed by atoms with Gasteiger partial charge in [-0.1, -0.05) is 6.92 Å². The minimum atomic E-state index is 0.0952. The highest BCUT2D eigenvalue weighted by Crippen LogP contribution is 2.15. The maximum atomic E-state index is 11.5. The topological polar surface area (TPSA) is 29.5 Å². The molecular formula is C11H21NO2. The molecule has 3 heteroatoms. The smallest absolute Gasteiger partial charge is 0.149 e. The summed E-state index contributed by atoms with van der Waals surface area (Å²) in [7, 11) is 1.76. The Morgan fingerprint density at radius 3 is 2.50 bits per heavy atom. The first-order valence-electron chi connectivity index (χ1n) is 5.48. The summed E-state index contributed by atoms with van der Waals surface area (Å²) >= 11 is 0. The van der Waals surface area contributed by atoms with Gasteiger partial charge in [-0.3, -0.25) is 9.69 Å². The third kappa shape index (κ3) is 2.79. The minimum absolute atomic E-state index is 0.0952. The number of methoxy groups -OCH3 is 1. The summed E-state index contributed by atoms with van der Waals surface area (Å²) in [5, 5.41) is 0. The van der Waals surface area contributed by atoms with E-state index < -0.39 is 0 Å². The summed E-state index contributed by atoms with van der Waals surface area (Å²) in [6.07, 6.45) is 3.15. The summed E-state index contributed by atoms with van der Waals surface area (Å²) in [6.45, 7) is 5.93. The van der Waals surface area contributed by atoms with Crippen molar-refractivity contribution in [1.29, 1.82) is 0 Å². The summed E-state index contributed by atoms with van der Waals surface area (Å²) in [5.41, 5.74) is 0. The van der Waals surface area contributed by atoms with Crippen LogP contribution in [-0.2, 0) is 9.53 Å². The van der Waals surface area contributed by atoms with E-state index in [1.54, 1.807) is 7.11 Å². The number of rotatable bonds is 4. The summed E-state index contributed by atoms with van der Waals surface area (Å²) in [6, 6.07) is 0.0952. The van der Waals surface area contributed by atoms with E-state index in [-0.39, 0.29) is 6.04 Å². The van der Waals surface area contributed by atoms with E-state index in [9.17, 15) is 4.79 Å². The molecule has 3 nitrogen and oxygen atoms in total. The van der Waals surface area contributed by atoms with Gasteiger partial charge in [0.05, 0.1) is 12.1 Å². The first-order chi connectivity index (χ1) is 6.69. The number of Topliss-reactive ketones (excluding diaryl/α,β-unsaturated/α-hetero) is 1. The average molecular weight is 199 g/mol. The number of ether oxygens (including phenoxy) is 1. The second kappa shape index (κ2) is 5.47. The van der Waals surface area contributed by atoms with Crippen molar-refractivity contribution >= 4 is 5.78 Å². The zero-order chi connectivity index (χ0) is 10.6. The molecular weight excluding hydrogens is 178 g/mol. The van der Waals surface area contributed by atoms with Crippen molar-refractivity contribution in [3.8, 4) is 0 Å². The van der Waals surface area contributed by atoms with Crippen molar-refractivity contribution in [3.05, 3.63) is 0 Å². The van der Waals surface area contributed by atoms with Crippen LogP contribution in [0.3, 0.4) is 0 Å². The molecule has 0 amide bonds. The summed E-state index contributed by atoms with van der Waals surface area (Å²) in [4.78, 5) is 13.8. The van der Waals surface area contributed by atoms with Crippen LogP contribution in [0.5, 0.6) is 0 Å². The number of hydrogen-bond acceptors (Lipinski definition) is 3. The van der Waals surface area contributed by atoms with Gasteiger partial charge in [-0.25, -0.2) is 0 Å². The third-order valence-electron chi connectivity index (χ3n) is 3.17. The van der Waals surface area contributed by atoms with Crippen LogP contribution in [0.1, 0.15) is 33.1 Å². The number of ketones is 1. The van der Waals surface area contributed by atoms with Crippen LogP contribution in [0, 0.1) is 0 Å². The molecule has 0 aromatic carbocycles. The van der Waals surface area contributed by atoms with Crippen molar-refractivity contribution in [2.24, 2.45) is 0 Å². The zero-order valence-electron chi connectivity index (χ0n) is 9.45. The van der Waals surface area contributed by atoms with E-state index in [1.807, 2.05) is 13.8 Å². The van der Waals surface area contributed by atoms with E-state index in [4.69, 9.17) is 4.74 Å². The molecule has 1 aliphatic heterocycles. The van der Waals surface area contributed by atoms with Gasteiger partial charge in [0.1, 0.15) is 5.78 Å². The maximum Gasteiger partial charge on any atom is 0.149 e. The maximum absolute atomic E-state index is 11.5. The molecule has 1 aliphatic rings. The molecule has 14 heavy (non-hydrogen) atoms. The first-order valence-corrected chi connectivity index (χ1v) is 5.48. The van der Waals surface area contributed by atoms with Crippen LogP contribution < -0.4 is 0 Å². The number of carbonyl (C=O) groups is 1. The lowest BCUT2D eigenvalue weighted by atomic mass is 10.0. The van der Waals surface area contributed by atoms with Gasteiger partial charge in [0.25, 0.3) is 0 Å². The molecule has 1 heterocycles. The molecule has 0 spiro atoms. The van der Waals surface area contributed by atoms with Crippen LogP contribution in [-0.4, -0.2) is 43.0 Å². The van der Waals surface area contributed by atoms with Gasteiger partial charge in [0, 0.05) is 26.6 Å². The molecule has 0 N–H and O–H groups in total. The number of nitrogens with zero attached hydrogens (tertiary/aromatic N) is 1. The van der Waals surface area contributed by atoms with Crippen LogP contribution >= 0.6 is 0 Å². The fourth-order valence-corrected chi connectivity index (χ4v) is 2.00. The lowest BCUT2D eigenvalue weighted by Gasteiger charge is -2.34. The SMILES string of the molecule is CCC(=O)C(C)N1CCC(OC)CC1. The fraction of sp³-hybridized carbons (Fsp3) is 0.909. The normalized spacial score (nSPS) is 22.2. The van der Waals surface area contributed by atoms with Crippen LogP contribution in [0.25, 0.3) is 0 Å². The van der Waals surface area contributed by atoms with Gasteiger partial charge in [-0.15, -0.1) is 0 Å². The number of likely N-dealkylation sites (tertiary alicyclic amines) is 1. The molecule has 1 rings (SSSR count). The predicted molar refractivity (Wildman–Crippen MR) is 56.4 cm³/mol. The highest BCUT2D eigenvalue weighted by atomic mass is 16.5. The summed E-state index contributed by atoms with van der Waals surface area (Å²) < 4.78 is 5.29. The lowest BCUT2D eigenvalue weighted by molar-refractivity contribution is -0.124. The number of hydrogen-bond donors (Lipinski definition) is 0. The van der Waals surface area contributed by atoms with Crippen LogP contribution in [0.2, 0.25) is 0 Å². The minimum Gasteiger partial charge on any atom is -0.381 e. The molecule has 1 saturated heterocycles. The van der Waals surface area contributed by atoms with E-state index in [1.165, 1.54) is 0 Å². The van der Waals surface area contributed by atoms with E-state index in [2.05, 4.69) is 4.90 Å². The monoisotopic (exact) mass is 199 g/mol. The summed E-state index contributed by atoms with van der Waals surface area (Å²) in [5.74, 6) is 0.348. The van der Waals surface area contributed by atoms with Crippen molar-refractivity contribution in [3.63, 3.8) is 0 Å². The van der Waals surface area contributed by atoms with Gasteiger partial charge in [0.2, 0.25) is 0 Å². The van der Waals surface area contributed by atoms with Gasteiger partial charge >= 0.3 is 0 Å². The Morgan fingerprint density at radius 1 is 1.50 bits per heavy atom. The van der Waals surface area contributed by atoms with Crippen LogP contribution in [0.4, 0.5) is 0 Å². The van der Waals surface area contributed by atoms with E-state index >= 15 is 0 Å². The van der Waals surface area contributed by atoms with Crippen LogP contribution in [0.15, 0.2) is 0 Å². The Kier molecular flexibility index (Phi) is 4.55.